The standard InChI is InChI=1S/C13H12ClNOS/c1-15(8-12-3-2-6-17-12)13-7-11(14)5-4-10(13)9-16/h2-7,9H,8H2,1H3. The molecule has 2 nitrogen and oxygen atoms in total. The van der Waals surface area contributed by atoms with Crippen LogP contribution in [0.3, 0.4) is 0 Å². The average molecular weight is 266 g/mol. The summed E-state index contributed by atoms with van der Waals surface area (Å²) < 4.78 is 0. The second-order valence-electron chi connectivity index (χ2n) is 3.76. The van der Waals surface area contributed by atoms with Crippen molar-refractivity contribution in [1.82, 2.24) is 0 Å². The Morgan fingerprint density at radius 2 is 2.24 bits per heavy atom. The molecule has 0 aliphatic heterocycles. The second kappa shape index (κ2) is 5.34. The van der Waals surface area contributed by atoms with Crippen molar-refractivity contribution in [3.8, 4) is 0 Å². The minimum absolute atomic E-state index is 0.642. The van der Waals surface area contributed by atoms with Crippen molar-refractivity contribution in [2.75, 3.05) is 11.9 Å². The van der Waals surface area contributed by atoms with E-state index in [-0.39, 0.29) is 0 Å². The molecular formula is C13H12ClNOS. The zero-order valence-electron chi connectivity index (χ0n) is 9.39. The SMILES string of the molecule is CN(Cc1cccs1)c1cc(Cl)ccc1C=O. The number of hydrogen-bond acceptors (Lipinski definition) is 3. The first kappa shape index (κ1) is 12.1. The van der Waals surface area contributed by atoms with E-state index in [4.69, 9.17) is 11.6 Å². The molecule has 1 heterocycles. The van der Waals surface area contributed by atoms with Crippen LogP contribution in [0, 0.1) is 0 Å². The minimum atomic E-state index is 0.642. The highest BCUT2D eigenvalue weighted by Crippen LogP contribution is 2.25. The van der Waals surface area contributed by atoms with Gasteiger partial charge >= 0.3 is 0 Å². The molecular weight excluding hydrogens is 254 g/mol. The van der Waals surface area contributed by atoms with Gasteiger partial charge in [-0.25, -0.2) is 0 Å². The van der Waals surface area contributed by atoms with Gasteiger partial charge in [-0.3, -0.25) is 4.79 Å². The fourth-order valence-corrected chi connectivity index (χ4v) is 2.59. The molecule has 0 saturated heterocycles. The molecule has 1 aromatic carbocycles. The largest absolute Gasteiger partial charge is 0.369 e. The number of halogens is 1. The van der Waals surface area contributed by atoms with Crippen molar-refractivity contribution in [2.45, 2.75) is 6.54 Å². The Hall–Kier alpha value is -1.32. The summed E-state index contributed by atoms with van der Waals surface area (Å²) in [5.74, 6) is 0. The van der Waals surface area contributed by atoms with Crippen LogP contribution in [-0.4, -0.2) is 13.3 Å². The molecule has 2 rings (SSSR count). The van der Waals surface area contributed by atoms with E-state index in [0.717, 1.165) is 18.5 Å². The number of nitrogens with zero attached hydrogens (tertiary/aromatic N) is 1. The molecule has 0 N–H and O–H groups in total. The molecule has 0 radical (unpaired) electrons. The number of hydrogen-bond donors (Lipinski definition) is 0. The molecule has 1 aromatic heterocycles. The second-order valence-corrected chi connectivity index (χ2v) is 5.23. The Morgan fingerprint density at radius 1 is 1.41 bits per heavy atom. The molecule has 0 fully saturated rings. The fourth-order valence-electron chi connectivity index (χ4n) is 1.67. The van der Waals surface area contributed by atoms with E-state index in [9.17, 15) is 4.79 Å². The van der Waals surface area contributed by atoms with E-state index >= 15 is 0 Å². The molecule has 88 valence electrons. The van der Waals surface area contributed by atoms with Crippen LogP contribution in [0.5, 0.6) is 0 Å². The van der Waals surface area contributed by atoms with Crippen LogP contribution < -0.4 is 4.90 Å². The Morgan fingerprint density at radius 3 is 2.88 bits per heavy atom. The van der Waals surface area contributed by atoms with E-state index in [1.807, 2.05) is 29.5 Å². The number of thiophene rings is 1. The summed E-state index contributed by atoms with van der Waals surface area (Å²) >= 11 is 7.66. The van der Waals surface area contributed by atoms with Gasteiger partial charge in [0.1, 0.15) is 0 Å². The van der Waals surface area contributed by atoms with Gasteiger partial charge in [0.05, 0.1) is 6.54 Å². The highest BCUT2D eigenvalue weighted by atomic mass is 35.5. The van der Waals surface area contributed by atoms with Crippen LogP contribution in [-0.2, 0) is 6.54 Å². The lowest BCUT2D eigenvalue weighted by atomic mass is 10.2. The van der Waals surface area contributed by atoms with Crippen molar-refractivity contribution in [1.29, 1.82) is 0 Å². The molecule has 0 saturated carbocycles. The number of carbonyl (C=O) groups is 1. The van der Waals surface area contributed by atoms with Gasteiger partial charge < -0.3 is 4.90 Å². The van der Waals surface area contributed by atoms with Gasteiger partial charge in [0.25, 0.3) is 0 Å². The predicted molar refractivity (Wildman–Crippen MR) is 73.3 cm³/mol. The maximum atomic E-state index is 11.0. The van der Waals surface area contributed by atoms with E-state index in [1.54, 1.807) is 23.5 Å². The third kappa shape index (κ3) is 2.87. The Kier molecular flexibility index (Phi) is 3.82. The van der Waals surface area contributed by atoms with Crippen molar-refractivity contribution in [2.24, 2.45) is 0 Å². The van der Waals surface area contributed by atoms with Gasteiger partial charge in [0.15, 0.2) is 6.29 Å². The molecule has 0 aliphatic rings. The average Bonchev–Trinajstić information content (AvgIpc) is 2.81. The van der Waals surface area contributed by atoms with E-state index < -0.39 is 0 Å². The van der Waals surface area contributed by atoms with Crippen LogP contribution >= 0.6 is 22.9 Å². The predicted octanol–water partition coefficient (Wildman–Crippen LogP) is 3.85. The zero-order valence-corrected chi connectivity index (χ0v) is 11.0. The molecule has 0 bridgehead atoms. The third-order valence-corrected chi connectivity index (χ3v) is 3.60. The highest BCUT2D eigenvalue weighted by molar-refractivity contribution is 7.09. The smallest absolute Gasteiger partial charge is 0.152 e. The molecule has 0 unspecified atom stereocenters. The summed E-state index contributed by atoms with van der Waals surface area (Å²) in [6.45, 7) is 0.777. The number of aldehydes is 1. The van der Waals surface area contributed by atoms with Gasteiger partial charge in [-0.05, 0) is 29.6 Å². The van der Waals surface area contributed by atoms with Gasteiger partial charge in [-0.15, -0.1) is 11.3 Å². The zero-order chi connectivity index (χ0) is 12.3. The molecule has 17 heavy (non-hydrogen) atoms. The van der Waals surface area contributed by atoms with Crippen LogP contribution in [0.15, 0.2) is 35.7 Å². The maximum absolute atomic E-state index is 11.0. The Bertz CT molecular complexity index is 510. The summed E-state index contributed by atoms with van der Waals surface area (Å²) in [6.07, 6.45) is 0.858. The summed E-state index contributed by atoms with van der Waals surface area (Å²) in [4.78, 5) is 14.3. The van der Waals surface area contributed by atoms with E-state index in [1.165, 1.54) is 4.88 Å². The van der Waals surface area contributed by atoms with Crippen LogP contribution in [0.25, 0.3) is 0 Å². The first-order valence-corrected chi connectivity index (χ1v) is 6.44. The lowest BCUT2D eigenvalue weighted by Gasteiger charge is -2.20. The topological polar surface area (TPSA) is 20.3 Å². The quantitative estimate of drug-likeness (QED) is 0.783. The normalized spacial score (nSPS) is 10.2. The molecule has 4 heteroatoms. The van der Waals surface area contributed by atoms with Gasteiger partial charge in [-0.2, -0.15) is 0 Å². The summed E-state index contributed by atoms with van der Waals surface area (Å²) in [5.41, 5.74) is 1.52. The highest BCUT2D eigenvalue weighted by Gasteiger charge is 2.08. The molecule has 0 aliphatic carbocycles. The Balaban J connectivity index is 2.26. The lowest BCUT2D eigenvalue weighted by Crippen LogP contribution is -2.17. The first-order chi connectivity index (χ1) is 8.20. The molecule has 0 spiro atoms. The number of rotatable bonds is 4. The molecule has 0 atom stereocenters. The van der Waals surface area contributed by atoms with Crippen molar-refractivity contribution < 1.29 is 4.79 Å². The van der Waals surface area contributed by atoms with Crippen LogP contribution in [0.1, 0.15) is 15.2 Å². The number of benzene rings is 1. The van der Waals surface area contributed by atoms with Crippen LogP contribution in [0.4, 0.5) is 5.69 Å². The fraction of sp³-hybridized carbons (Fsp3) is 0.154. The summed E-state index contributed by atoms with van der Waals surface area (Å²) in [7, 11) is 1.96. The van der Waals surface area contributed by atoms with E-state index in [0.29, 0.717) is 10.6 Å². The lowest BCUT2D eigenvalue weighted by molar-refractivity contribution is 0.112. The Labute approximate surface area is 109 Å². The first-order valence-electron chi connectivity index (χ1n) is 5.19. The third-order valence-electron chi connectivity index (χ3n) is 2.50. The monoisotopic (exact) mass is 265 g/mol. The number of anilines is 1. The van der Waals surface area contributed by atoms with Crippen molar-refractivity contribution in [3.05, 3.63) is 51.2 Å². The summed E-state index contributed by atoms with van der Waals surface area (Å²) in [6, 6.07) is 9.39. The molecule has 0 amide bonds. The summed E-state index contributed by atoms with van der Waals surface area (Å²) in [5, 5.41) is 2.69. The number of carbonyl (C=O) groups excluding carboxylic acids is 1. The maximum Gasteiger partial charge on any atom is 0.152 e. The van der Waals surface area contributed by atoms with Gasteiger partial charge in [-0.1, -0.05) is 17.7 Å². The van der Waals surface area contributed by atoms with E-state index in [2.05, 4.69) is 6.07 Å². The van der Waals surface area contributed by atoms with Gasteiger partial charge in [0.2, 0.25) is 0 Å². The van der Waals surface area contributed by atoms with Gasteiger partial charge in [0, 0.05) is 28.2 Å². The van der Waals surface area contributed by atoms with Crippen molar-refractivity contribution >= 4 is 34.9 Å². The van der Waals surface area contributed by atoms with Crippen LogP contribution in [0.2, 0.25) is 5.02 Å². The minimum Gasteiger partial charge on any atom is -0.369 e. The van der Waals surface area contributed by atoms with Crippen molar-refractivity contribution in [3.63, 3.8) is 0 Å². The molecule has 2 aromatic rings.